The SMILES string of the molecule is O=C(NC[C@H](O)c1ccc([N+](=O)[O-])cc1)c1cc(S(=O)(=O)N2CCCC2)c[nH]1. The highest BCUT2D eigenvalue weighted by Gasteiger charge is 2.28. The van der Waals surface area contributed by atoms with E-state index in [0.29, 0.717) is 18.7 Å². The molecule has 0 spiro atoms. The molecule has 150 valence electrons. The lowest BCUT2D eigenvalue weighted by Crippen LogP contribution is -2.29. The molecule has 1 aromatic carbocycles. The van der Waals surface area contributed by atoms with Gasteiger partial charge in [-0.1, -0.05) is 0 Å². The van der Waals surface area contributed by atoms with E-state index in [0.717, 1.165) is 12.8 Å². The summed E-state index contributed by atoms with van der Waals surface area (Å²) in [4.78, 5) is 25.0. The first kappa shape index (κ1) is 20.0. The first-order valence-corrected chi connectivity index (χ1v) is 10.1. The highest BCUT2D eigenvalue weighted by atomic mass is 32.2. The van der Waals surface area contributed by atoms with Gasteiger partial charge in [0, 0.05) is 38.0 Å². The van der Waals surface area contributed by atoms with Gasteiger partial charge in [-0.05, 0) is 36.6 Å². The van der Waals surface area contributed by atoms with Crippen LogP contribution in [0.3, 0.4) is 0 Å². The molecule has 1 aliphatic heterocycles. The summed E-state index contributed by atoms with van der Waals surface area (Å²) in [5.41, 5.74) is 0.376. The number of nitrogens with one attached hydrogen (secondary N) is 2. The number of nitro groups is 1. The number of carbonyl (C=O) groups is 1. The van der Waals surface area contributed by atoms with Crippen molar-refractivity contribution in [2.75, 3.05) is 19.6 Å². The number of nitrogens with zero attached hydrogens (tertiary/aromatic N) is 2. The molecule has 1 amide bonds. The molecular weight excluding hydrogens is 388 g/mol. The van der Waals surface area contributed by atoms with Gasteiger partial charge in [0.2, 0.25) is 10.0 Å². The monoisotopic (exact) mass is 408 g/mol. The molecule has 1 atom stereocenters. The molecule has 1 saturated heterocycles. The van der Waals surface area contributed by atoms with Crippen molar-refractivity contribution < 1.29 is 23.2 Å². The number of rotatable bonds is 7. The minimum absolute atomic E-state index is 0.0236. The van der Waals surface area contributed by atoms with Gasteiger partial charge in [-0.15, -0.1) is 0 Å². The number of aliphatic hydroxyl groups is 1. The van der Waals surface area contributed by atoms with Crippen molar-refractivity contribution >= 4 is 21.6 Å². The maximum absolute atomic E-state index is 12.5. The maximum Gasteiger partial charge on any atom is 0.269 e. The molecule has 0 bridgehead atoms. The van der Waals surface area contributed by atoms with Crippen molar-refractivity contribution in [2.45, 2.75) is 23.8 Å². The van der Waals surface area contributed by atoms with Gasteiger partial charge in [-0.25, -0.2) is 8.42 Å². The zero-order valence-corrected chi connectivity index (χ0v) is 15.7. The largest absolute Gasteiger partial charge is 0.387 e. The second-order valence-corrected chi connectivity index (χ2v) is 8.37. The van der Waals surface area contributed by atoms with Crippen LogP contribution in [0.25, 0.3) is 0 Å². The Morgan fingerprint density at radius 3 is 2.54 bits per heavy atom. The third-order valence-corrected chi connectivity index (χ3v) is 6.43. The third-order valence-electron chi connectivity index (χ3n) is 4.55. The molecule has 11 heteroatoms. The molecule has 1 aromatic heterocycles. The number of non-ortho nitro benzene ring substituents is 1. The summed E-state index contributed by atoms with van der Waals surface area (Å²) in [6.45, 7) is 0.802. The van der Waals surface area contributed by atoms with E-state index in [9.17, 15) is 28.4 Å². The molecule has 2 aromatic rings. The maximum atomic E-state index is 12.5. The fourth-order valence-electron chi connectivity index (χ4n) is 2.95. The average molecular weight is 408 g/mol. The van der Waals surface area contributed by atoms with Crippen LogP contribution in [0.4, 0.5) is 5.69 Å². The Kier molecular flexibility index (Phi) is 5.77. The van der Waals surface area contributed by atoms with E-state index in [2.05, 4.69) is 10.3 Å². The van der Waals surface area contributed by atoms with Gasteiger partial charge < -0.3 is 15.4 Å². The second-order valence-electron chi connectivity index (χ2n) is 6.43. The van der Waals surface area contributed by atoms with Crippen molar-refractivity contribution in [3.63, 3.8) is 0 Å². The predicted molar refractivity (Wildman–Crippen MR) is 99.2 cm³/mol. The van der Waals surface area contributed by atoms with E-state index in [1.165, 1.54) is 40.8 Å². The number of hydrogen-bond acceptors (Lipinski definition) is 6. The number of aromatic amines is 1. The van der Waals surface area contributed by atoms with Crippen molar-refractivity contribution in [2.24, 2.45) is 0 Å². The zero-order chi connectivity index (χ0) is 20.3. The molecular formula is C17H20N4O6S. The molecule has 0 unspecified atom stereocenters. The molecule has 0 radical (unpaired) electrons. The van der Waals surface area contributed by atoms with Gasteiger partial charge >= 0.3 is 0 Å². The van der Waals surface area contributed by atoms with Gasteiger partial charge in [0.1, 0.15) is 10.6 Å². The minimum Gasteiger partial charge on any atom is -0.387 e. The highest BCUT2D eigenvalue weighted by molar-refractivity contribution is 7.89. The summed E-state index contributed by atoms with van der Waals surface area (Å²) in [6.07, 6.45) is 1.84. The van der Waals surface area contributed by atoms with Crippen LogP contribution in [0.5, 0.6) is 0 Å². The smallest absolute Gasteiger partial charge is 0.269 e. The van der Waals surface area contributed by atoms with Crippen molar-refractivity contribution in [1.82, 2.24) is 14.6 Å². The lowest BCUT2D eigenvalue weighted by Gasteiger charge is -2.13. The Hall–Kier alpha value is -2.76. The molecule has 1 fully saturated rings. The number of carbonyl (C=O) groups excluding carboxylic acids is 1. The number of amides is 1. The van der Waals surface area contributed by atoms with Crippen molar-refractivity contribution in [3.05, 3.63) is 57.9 Å². The number of aliphatic hydroxyl groups excluding tert-OH is 1. The number of hydrogen-bond donors (Lipinski definition) is 3. The first-order valence-electron chi connectivity index (χ1n) is 8.68. The molecule has 3 N–H and O–H groups in total. The number of H-pyrrole nitrogens is 1. The summed E-state index contributed by atoms with van der Waals surface area (Å²) in [5, 5.41) is 23.3. The van der Waals surface area contributed by atoms with Crippen LogP contribution in [0.1, 0.15) is 35.0 Å². The summed E-state index contributed by atoms with van der Waals surface area (Å²) < 4.78 is 26.4. The van der Waals surface area contributed by atoms with Crippen LogP contribution < -0.4 is 5.32 Å². The van der Waals surface area contributed by atoms with Crippen LogP contribution in [0.2, 0.25) is 0 Å². The second kappa shape index (κ2) is 8.09. The number of sulfonamides is 1. The van der Waals surface area contributed by atoms with Gasteiger partial charge in [0.05, 0.1) is 11.0 Å². The van der Waals surface area contributed by atoms with Crippen LogP contribution in [0, 0.1) is 10.1 Å². The van der Waals surface area contributed by atoms with Gasteiger partial charge in [0.25, 0.3) is 11.6 Å². The van der Waals surface area contributed by atoms with Gasteiger partial charge in [-0.2, -0.15) is 4.31 Å². The quantitative estimate of drug-likeness (QED) is 0.463. The highest BCUT2D eigenvalue weighted by Crippen LogP contribution is 2.21. The zero-order valence-electron chi connectivity index (χ0n) is 14.9. The fraction of sp³-hybridized carbons (Fsp3) is 0.353. The van der Waals surface area contributed by atoms with Crippen LogP contribution in [-0.4, -0.2) is 53.3 Å². The van der Waals surface area contributed by atoms with Crippen LogP contribution in [-0.2, 0) is 10.0 Å². The topological polar surface area (TPSA) is 146 Å². The normalized spacial score (nSPS) is 16.0. The standard InChI is InChI=1S/C17H20N4O6S/c22-16(12-3-5-13(6-4-12)21(24)25)11-19-17(23)15-9-14(10-18-15)28(26,27)20-7-1-2-8-20/h3-6,9-10,16,18,22H,1-2,7-8,11H2,(H,19,23)/t16-/m0/s1. The molecule has 28 heavy (non-hydrogen) atoms. The molecule has 10 nitrogen and oxygen atoms in total. The fourth-order valence-corrected chi connectivity index (χ4v) is 4.46. The summed E-state index contributed by atoms with van der Waals surface area (Å²) in [5.74, 6) is -0.566. The lowest BCUT2D eigenvalue weighted by molar-refractivity contribution is -0.384. The van der Waals surface area contributed by atoms with E-state index >= 15 is 0 Å². The van der Waals surface area contributed by atoms with Gasteiger partial charge in [0.15, 0.2) is 0 Å². The molecule has 0 saturated carbocycles. The van der Waals surface area contributed by atoms with Crippen LogP contribution in [0.15, 0.2) is 41.4 Å². The first-order chi connectivity index (χ1) is 13.3. The lowest BCUT2D eigenvalue weighted by atomic mass is 10.1. The summed E-state index contributed by atoms with van der Waals surface area (Å²) >= 11 is 0. The number of nitro benzene ring substituents is 1. The molecule has 2 heterocycles. The number of aromatic nitrogens is 1. The van der Waals surface area contributed by atoms with Gasteiger partial charge in [-0.3, -0.25) is 14.9 Å². The minimum atomic E-state index is -3.62. The van der Waals surface area contributed by atoms with E-state index in [1.54, 1.807) is 0 Å². The summed E-state index contributed by atoms with van der Waals surface area (Å²) in [6, 6.07) is 6.61. The van der Waals surface area contributed by atoms with Crippen LogP contribution >= 0.6 is 0 Å². The third kappa shape index (κ3) is 4.21. The average Bonchev–Trinajstić information content (AvgIpc) is 3.38. The predicted octanol–water partition coefficient (Wildman–Crippen LogP) is 1.17. The van der Waals surface area contributed by atoms with E-state index in [-0.39, 0.29) is 22.8 Å². The Morgan fingerprint density at radius 2 is 1.93 bits per heavy atom. The molecule has 1 aliphatic rings. The van der Waals surface area contributed by atoms with E-state index in [1.807, 2.05) is 0 Å². The van der Waals surface area contributed by atoms with Crippen molar-refractivity contribution in [1.29, 1.82) is 0 Å². The molecule has 0 aliphatic carbocycles. The Morgan fingerprint density at radius 1 is 1.29 bits per heavy atom. The van der Waals surface area contributed by atoms with E-state index in [4.69, 9.17) is 0 Å². The Labute approximate surface area is 161 Å². The Balaban J connectivity index is 1.60. The van der Waals surface area contributed by atoms with Crippen molar-refractivity contribution in [3.8, 4) is 0 Å². The number of benzene rings is 1. The van der Waals surface area contributed by atoms with E-state index < -0.39 is 27.0 Å². The Bertz CT molecular complexity index is 964. The summed E-state index contributed by atoms with van der Waals surface area (Å²) in [7, 11) is -3.62. The molecule has 3 rings (SSSR count).